The average Bonchev–Trinajstić information content (AvgIpc) is 3.04. The molecule has 2 heterocycles. The number of hydrogen-bond donors (Lipinski definition) is 1. The summed E-state index contributed by atoms with van der Waals surface area (Å²) in [5, 5.41) is 2.97. The van der Waals surface area contributed by atoms with Gasteiger partial charge in [0.1, 0.15) is 5.76 Å². The van der Waals surface area contributed by atoms with Crippen molar-refractivity contribution >= 4 is 34.5 Å². The fourth-order valence-electron chi connectivity index (χ4n) is 4.88. The van der Waals surface area contributed by atoms with Crippen LogP contribution in [0.15, 0.2) is 115 Å². The maximum Gasteiger partial charge on any atom is 0.266 e. The van der Waals surface area contributed by atoms with Crippen LogP contribution in [0.2, 0.25) is 0 Å². The summed E-state index contributed by atoms with van der Waals surface area (Å²) in [5.74, 6) is -0.00429. The molecule has 1 atom stereocenters. The maximum atomic E-state index is 14.6. The molecule has 5 heteroatoms. The molecule has 170 valence electrons. The number of amides is 2. The number of anilines is 2. The van der Waals surface area contributed by atoms with Crippen LogP contribution in [-0.4, -0.2) is 11.8 Å². The predicted molar refractivity (Wildman–Crippen MR) is 136 cm³/mol. The second-order valence-electron chi connectivity index (χ2n) is 8.57. The number of hydrogen-bond acceptors (Lipinski definition) is 3. The molecule has 0 fully saturated rings. The van der Waals surface area contributed by atoms with Crippen LogP contribution in [0.3, 0.4) is 0 Å². The van der Waals surface area contributed by atoms with Crippen LogP contribution in [0.4, 0.5) is 11.4 Å². The van der Waals surface area contributed by atoms with Gasteiger partial charge in [0, 0.05) is 11.1 Å². The van der Waals surface area contributed by atoms with Gasteiger partial charge >= 0.3 is 0 Å². The van der Waals surface area contributed by atoms with Crippen molar-refractivity contribution in [3.8, 4) is 0 Å². The Kier molecular flexibility index (Phi) is 4.96. The van der Waals surface area contributed by atoms with Crippen LogP contribution in [0, 0.1) is 0 Å². The molecule has 1 unspecified atom stereocenters. The van der Waals surface area contributed by atoms with E-state index < -0.39 is 5.72 Å². The van der Waals surface area contributed by atoms with Gasteiger partial charge < -0.3 is 10.1 Å². The van der Waals surface area contributed by atoms with Crippen molar-refractivity contribution in [3.05, 3.63) is 132 Å². The number of fused-ring (bicyclic) bond motifs is 3. The number of ether oxygens (including phenoxy) is 1. The standard InChI is InChI=1S/C30H22N2O3/c33-26-20-30(23-16-8-3-9-17-23)32(25-19-11-10-18-24(25)31-26)29(34)27(21-12-4-1-5-13-21)28(35-30)22-14-6-2-7-15-22/h1-19H,20H2,(H,31,33). The van der Waals surface area contributed by atoms with Crippen LogP contribution in [0.25, 0.3) is 11.3 Å². The molecular weight excluding hydrogens is 436 g/mol. The van der Waals surface area contributed by atoms with Crippen molar-refractivity contribution in [2.45, 2.75) is 12.1 Å². The zero-order valence-electron chi connectivity index (χ0n) is 18.8. The first-order chi connectivity index (χ1) is 17.2. The van der Waals surface area contributed by atoms with Crippen molar-refractivity contribution < 1.29 is 14.3 Å². The summed E-state index contributed by atoms with van der Waals surface area (Å²) in [4.78, 5) is 29.5. The lowest BCUT2D eigenvalue weighted by Crippen LogP contribution is -2.55. The zero-order chi connectivity index (χ0) is 23.8. The van der Waals surface area contributed by atoms with Crippen LogP contribution in [-0.2, 0) is 20.1 Å². The molecule has 2 aliphatic heterocycles. The number of benzene rings is 4. The minimum Gasteiger partial charge on any atom is -0.461 e. The molecule has 35 heavy (non-hydrogen) atoms. The Balaban J connectivity index is 1.70. The van der Waals surface area contributed by atoms with Crippen molar-refractivity contribution in [2.75, 3.05) is 10.2 Å². The highest BCUT2D eigenvalue weighted by molar-refractivity contribution is 6.33. The average molecular weight is 459 g/mol. The van der Waals surface area contributed by atoms with E-state index in [4.69, 9.17) is 4.74 Å². The van der Waals surface area contributed by atoms with E-state index in [0.29, 0.717) is 22.7 Å². The van der Waals surface area contributed by atoms with Gasteiger partial charge in [-0.1, -0.05) is 103 Å². The fraction of sp³-hybridized carbons (Fsp3) is 0.0667. The van der Waals surface area contributed by atoms with E-state index in [0.717, 1.165) is 16.7 Å². The van der Waals surface area contributed by atoms with E-state index in [9.17, 15) is 9.59 Å². The van der Waals surface area contributed by atoms with E-state index >= 15 is 0 Å². The predicted octanol–water partition coefficient (Wildman–Crippen LogP) is 5.81. The van der Waals surface area contributed by atoms with E-state index in [1.54, 1.807) is 11.0 Å². The molecular formula is C30H22N2O3. The molecule has 0 radical (unpaired) electrons. The maximum absolute atomic E-state index is 14.6. The fourth-order valence-corrected chi connectivity index (χ4v) is 4.88. The third-order valence-corrected chi connectivity index (χ3v) is 6.42. The van der Waals surface area contributed by atoms with Gasteiger partial charge in [0.25, 0.3) is 5.91 Å². The van der Waals surface area contributed by atoms with E-state index in [-0.39, 0.29) is 18.2 Å². The number of carbonyl (C=O) groups is 2. The number of rotatable bonds is 3. The largest absolute Gasteiger partial charge is 0.461 e. The summed E-state index contributed by atoms with van der Waals surface area (Å²) in [6.07, 6.45) is -0.0597. The molecule has 0 saturated heterocycles. The van der Waals surface area contributed by atoms with Gasteiger partial charge in [-0.25, -0.2) is 0 Å². The first-order valence-corrected chi connectivity index (χ1v) is 11.5. The second kappa shape index (κ2) is 8.29. The Bertz CT molecular complexity index is 1450. The molecule has 0 aliphatic carbocycles. The number of carbonyl (C=O) groups excluding carboxylic acids is 2. The third kappa shape index (κ3) is 3.40. The summed E-state index contributed by atoms with van der Waals surface area (Å²) >= 11 is 0. The van der Waals surface area contributed by atoms with Gasteiger partial charge in [0.05, 0.1) is 23.4 Å². The van der Waals surface area contributed by atoms with Crippen molar-refractivity contribution in [1.82, 2.24) is 0 Å². The van der Waals surface area contributed by atoms with Gasteiger partial charge in [-0.2, -0.15) is 0 Å². The highest BCUT2D eigenvalue weighted by Gasteiger charge is 2.53. The minimum atomic E-state index is -1.36. The molecule has 0 bridgehead atoms. The number of para-hydroxylation sites is 2. The Morgan fingerprint density at radius 3 is 1.94 bits per heavy atom. The lowest BCUT2D eigenvalue weighted by atomic mass is 9.90. The minimum absolute atomic E-state index is 0.0597. The van der Waals surface area contributed by atoms with Gasteiger partial charge in [0.2, 0.25) is 11.6 Å². The van der Waals surface area contributed by atoms with Crippen LogP contribution in [0.5, 0.6) is 0 Å². The molecule has 2 amide bonds. The second-order valence-corrected chi connectivity index (χ2v) is 8.57. The normalized spacial score (nSPS) is 19.3. The SMILES string of the molecule is O=C1CC2(c3ccccc3)OC(c3ccccc3)=C(c3ccccc3)C(=O)N2c2ccccc2N1. The summed E-state index contributed by atoms with van der Waals surface area (Å²) in [6.45, 7) is 0. The molecule has 0 saturated carbocycles. The van der Waals surface area contributed by atoms with Crippen molar-refractivity contribution in [1.29, 1.82) is 0 Å². The third-order valence-electron chi connectivity index (χ3n) is 6.42. The van der Waals surface area contributed by atoms with Crippen LogP contribution in [0.1, 0.15) is 23.1 Å². The summed E-state index contributed by atoms with van der Waals surface area (Å²) in [7, 11) is 0. The van der Waals surface area contributed by atoms with Gasteiger partial charge in [0.15, 0.2) is 0 Å². The molecule has 4 aromatic carbocycles. The Hall–Kier alpha value is -4.64. The highest BCUT2D eigenvalue weighted by Crippen LogP contribution is 2.51. The first-order valence-electron chi connectivity index (χ1n) is 11.5. The Morgan fingerprint density at radius 2 is 1.26 bits per heavy atom. The van der Waals surface area contributed by atoms with Gasteiger partial charge in [-0.3, -0.25) is 14.5 Å². The molecule has 1 N–H and O–H groups in total. The molecule has 5 nitrogen and oxygen atoms in total. The monoisotopic (exact) mass is 458 g/mol. The molecule has 2 aliphatic rings. The summed E-state index contributed by atoms with van der Waals surface area (Å²) < 4.78 is 6.92. The Labute approximate surface area is 203 Å². The quantitative estimate of drug-likeness (QED) is 0.421. The lowest BCUT2D eigenvalue weighted by Gasteiger charge is -2.47. The first kappa shape index (κ1) is 20.9. The number of nitrogens with zero attached hydrogens (tertiary/aromatic N) is 1. The molecule has 0 aromatic heterocycles. The summed E-state index contributed by atoms with van der Waals surface area (Å²) in [5.41, 5.74) is 2.49. The van der Waals surface area contributed by atoms with Crippen LogP contribution < -0.4 is 10.2 Å². The van der Waals surface area contributed by atoms with Crippen molar-refractivity contribution in [3.63, 3.8) is 0 Å². The van der Waals surface area contributed by atoms with E-state index in [2.05, 4.69) is 5.32 Å². The molecule has 4 aromatic rings. The molecule has 6 rings (SSSR count). The van der Waals surface area contributed by atoms with Gasteiger partial charge in [-0.15, -0.1) is 0 Å². The molecule has 0 spiro atoms. The van der Waals surface area contributed by atoms with E-state index in [1.165, 1.54) is 0 Å². The topological polar surface area (TPSA) is 58.6 Å². The van der Waals surface area contributed by atoms with Crippen LogP contribution >= 0.6 is 0 Å². The smallest absolute Gasteiger partial charge is 0.266 e. The highest BCUT2D eigenvalue weighted by atomic mass is 16.5. The van der Waals surface area contributed by atoms with E-state index in [1.807, 2.05) is 109 Å². The number of nitrogens with one attached hydrogen (secondary N) is 1. The summed E-state index contributed by atoms with van der Waals surface area (Å²) in [6, 6.07) is 36.0. The lowest BCUT2D eigenvalue weighted by molar-refractivity contribution is -0.125. The zero-order valence-corrected chi connectivity index (χ0v) is 18.8. The Morgan fingerprint density at radius 1 is 0.686 bits per heavy atom. The van der Waals surface area contributed by atoms with Gasteiger partial charge in [-0.05, 0) is 17.7 Å². The van der Waals surface area contributed by atoms with Crippen molar-refractivity contribution in [2.24, 2.45) is 0 Å².